The summed E-state index contributed by atoms with van der Waals surface area (Å²) in [5, 5.41) is 19.8. The number of fused-ring (bicyclic) bond motifs is 1. The Balaban J connectivity index is 1.30. The van der Waals surface area contributed by atoms with Crippen molar-refractivity contribution in [2.75, 3.05) is 13.2 Å². The molecule has 10 nitrogen and oxygen atoms in total. The predicted molar refractivity (Wildman–Crippen MR) is 133 cm³/mol. The highest BCUT2D eigenvalue weighted by atomic mass is 16.5. The number of β-amino-alcohol motifs (C(OH)–C–C–N with tert-alkyl or cyclic N) is 1. The Kier molecular flexibility index (Phi) is 5.31. The lowest BCUT2D eigenvalue weighted by Gasteiger charge is -2.27. The average molecular weight is 496 g/mol. The summed E-state index contributed by atoms with van der Waals surface area (Å²) in [6, 6.07) is 15.4. The van der Waals surface area contributed by atoms with E-state index < -0.39 is 17.4 Å². The van der Waals surface area contributed by atoms with E-state index in [1.807, 2.05) is 19.1 Å². The van der Waals surface area contributed by atoms with Crippen molar-refractivity contribution in [1.82, 2.24) is 19.9 Å². The molecule has 0 unspecified atom stereocenters. The number of amides is 2. The highest BCUT2D eigenvalue weighted by molar-refractivity contribution is 6.26. The molecule has 10 heteroatoms. The summed E-state index contributed by atoms with van der Waals surface area (Å²) in [6.45, 7) is 1.59. The maximum atomic E-state index is 12.9. The SMILES string of the molecule is Cc1cc(=O)oc2cc(OCc3cn(-c4ccc5c6c(cccc46)C(=O)N(CCO)C5=O)nn3)ccc12. The van der Waals surface area contributed by atoms with Gasteiger partial charge in [0.25, 0.3) is 11.8 Å². The van der Waals surface area contributed by atoms with Gasteiger partial charge in [-0.25, -0.2) is 9.48 Å². The van der Waals surface area contributed by atoms with Crippen LogP contribution >= 0.6 is 0 Å². The number of aliphatic hydroxyl groups is 1. The van der Waals surface area contributed by atoms with Crippen LogP contribution in [0.5, 0.6) is 5.75 Å². The molecule has 2 amide bonds. The average Bonchev–Trinajstić information content (AvgIpc) is 3.36. The summed E-state index contributed by atoms with van der Waals surface area (Å²) >= 11 is 0. The number of rotatable bonds is 6. The Morgan fingerprint density at radius 2 is 1.78 bits per heavy atom. The maximum absolute atomic E-state index is 12.9. The quantitative estimate of drug-likeness (QED) is 0.281. The summed E-state index contributed by atoms with van der Waals surface area (Å²) in [5.74, 6) is -0.367. The zero-order chi connectivity index (χ0) is 25.7. The van der Waals surface area contributed by atoms with Crippen LogP contribution in [0.15, 0.2) is 70.0 Å². The molecule has 5 aromatic rings. The first-order valence-corrected chi connectivity index (χ1v) is 11.6. The molecule has 0 saturated carbocycles. The third-order valence-corrected chi connectivity index (χ3v) is 6.39. The second kappa shape index (κ2) is 8.68. The molecular weight excluding hydrogens is 476 g/mol. The number of aliphatic hydroxyl groups excluding tert-OH is 1. The van der Waals surface area contributed by atoms with Crippen LogP contribution in [0.3, 0.4) is 0 Å². The van der Waals surface area contributed by atoms with Gasteiger partial charge in [-0.3, -0.25) is 14.5 Å². The van der Waals surface area contributed by atoms with Crippen molar-refractivity contribution in [3.63, 3.8) is 0 Å². The van der Waals surface area contributed by atoms with E-state index in [1.54, 1.807) is 47.3 Å². The van der Waals surface area contributed by atoms with Gasteiger partial charge in [-0.05, 0) is 42.8 Å². The fourth-order valence-electron chi connectivity index (χ4n) is 4.67. The van der Waals surface area contributed by atoms with E-state index in [9.17, 15) is 19.5 Å². The second-order valence-electron chi connectivity index (χ2n) is 8.70. The van der Waals surface area contributed by atoms with E-state index >= 15 is 0 Å². The van der Waals surface area contributed by atoms with Crippen molar-refractivity contribution in [2.45, 2.75) is 13.5 Å². The Hall–Kier alpha value is -4.83. The molecule has 0 atom stereocenters. The molecule has 3 heterocycles. The van der Waals surface area contributed by atoms with Crippen LogP contribution in [0.4, 0.5) is 0 Å². The van der Waals surface area contributed by atoms with Crippen LogP contribution in [0.1, 0.15) is 32.0 Å². The topological polar surface area (TPSA) is 128 Å². The molecular formula is C27H20N4O6. The molecule has 0 saturated heterocycles. The Bertz CT molecular complexity index is 1770. The van der Waals surface area contributed by atoms with Crippen molar-refractivity contribution < 1.29 is 23.8 Å². The minimum absolute atomic E-state index is 0.0648. The zero-order valence-electron chi connectivity index (χ0n) is 19.7. The van der Waals surface area contributed by atoms with Gasteiger partial charge < -0.3 is 14.3 Å². The fraction of sp³-hybridized carbons (Fsp3) is 0.148. The minimum atomic E-state index is -0.441. The lowest BCUT2D eigenvalue weighted by molar-refractivity contribution is 0.0580. The van der Waals surface area contributed by atoms with Gasteiger partial charge in [0, 0.05) is 39.4 Å². The minimum Gasteiger partial charge on any atom is -0.487 e. The summed E-state index contributed by atoms with van der Waals surface area (Å²) in [7, 11) is 0. The molecule has 0 radical (unpaired) electrons. The van der Waals surface area contributed by atoms with Gasteiger partial charge in [-0.15, -0.1) is 5.10 Å². The number of ether oxygens (including phenoxy) is 1. The Labute approximate surface area is 209 Å². The monoisotopic (exact) mass is 496 g/mol. The number of hydrogen-bond donors (Lipinski definition) is 1. The van der Waals surface area contributed by atoms with Gasteiger partial charge in [-0.2, -0.15) is 0 Å². The molecule has 37 heavy (non-hydrogen) atoms. The zero-order valence-corrected chi connectivity index (χ0v) is 19.7. The smallest absolute Gasteiger partial charge is 0.336 e. The number of imide groups is 1. The number of aryl methyl sites for hydroxylation is 1. The molecule has 0 spiro atoms. The van der Waals surface area contributed by atoms with E-state index in [4.69, 9.17) is 9.15 Å². The standard InChI is InChI=1S/C27H20N4O6/c1-15-11-24(33)37-23-12-17(5-6-18(15)23)36-14-16-13-31(29-28-16)22-8-7-21-25-19(22)3-2-4-20(25)26(34)30(9-10-32)27(21)35/h2-8,11-13,32H,9-10,14H2,1H3. The molecule has 1 aliphatic heterocycles. The first-order valence-electron chi connectivity index (χ1n) is 11.6. The van der Waals surface area contributed by atoms with Crippen LogP contribution in [0.25, 0.3) is 27.4 Å². The molecule has 184 valence electrons. The molecule has 3 aromatic carbocycles. The van der Waals surface area contributed by atoms with E-state index in [2.05, 4.69) is 10.3 Å². The van der Waals surface area contributed by atoms with Gasteiger partial charge >= 0.3 is 5.63 Å². The fourth-order valence-corrected chi connectivity index (χ4v) is 4.67. The predicted octanol–water partition coefficient (Wildman–Crippen LogP) is 3.00. The summed E-state index contributed by atoms with van der Waals surface area (Å²) < 4.78 is 12.7. The van der Waals surface area contributed by atoms with E-state index in [-0.39, 0.29) is 19.8 Å². The molecule has 0 bridgehead atoms. The van der Waals surface area contributed by atoms with Gasteiger partial charge in [0.1, 0.15) is 23.6 Å². The number of aromatic nitrogens is 3. The highest BCUT2D eigenvalue weighted by Crippen LogP contribution is 2.33. The molecule has 2 aromatic heterocycles. The normalized spacial score (nSPS) is 13.1. The number of benzene rings is 3. The van der Waals surface area contributed by atoms with Crippen LogP contribution in [-0.4, -0.2) is 50.0 Å². The van der Waals surface area contributed by atoms with Crippen molar-refractivity contribution >= 4 is 33.6 Å². The van der Waals surface area contributed by atoms with Gasteiger partial charge in [0.05, 0.1) is 25.0 Å². The highest BCUT2D eigenvalue weighted by Gasteiger charge is 2.33. The number of hydrogen-bond acceptors (Lipinski definition) is 8. The second-order valence-corrected chi connectivity index (χ2v) is 8.70. The third kappa shape index (κ3) is 3.74. The first-order chi connectivity index (χ1) is 17.9. The first kappa shape index (κ1) is 22.6. The van der Waals surface area contributed by atoms with E-state index in [1.165, 1.54) is 6.07 Å². The largest absolute Gasteiger partial charge is 0.487 e. The van der Waals surface area contributed by atoms with Crippen molar-refractivity contribution in [3.05, 3.63) is 93.6 Å². The maximum Gasteiger partial charge on any atom is 0.336 e. The van der Waals surface area contributed by atoms with Crippen LogP contribution in [-0.2, 0) is 6.61 Å². The van der Waals surface area contributed by atoms with Crippen LogP contribution < -0.4 is 10.4 Å². The van der Waals surface area contributed by atoms with Crippen molar-refractivity contribution in [2.24, 2.45) is 0 Å². The van der Waals surface area contributed by atoms with Crippen molar-refractivity contribution in [3.8, 4) is 11.4 Å². The lowest BCUT2D eigenvalue weighted by Crippen LogP contribution is -2.42. The number of carbonyl (C=O) groups excluding carboxylic acids is 2. The Morgan fingerprint density at radius 3 is 2.59 bits per heavy atom. The molecule has 1 aliphatic rings. The van der Waals surface area contributed by atoms with Gasteiger partial charge in [0.2, 0.25) is 0 Å². The van der Waals surface area contributed by atoms with Crippen LogP contribution in [0, 0.1) is 6.92 Å². The molecule has 0 aliphatic carbocycles. The summed E-state index contributed by atoms with van der Waals surface area (Å²) in [6.07, 6.45) is 1.71. The van der Waals surface area contributed by atoms with E-state index in [0.29, 0.717) is 44.6 Å². The van der Waals surface area contributed by atoms with Crippen molar-refractivity contribution in [1.29, 1.82) is 0 Å². The third-order valence-electron chi connectivity index (χ3n) is 6.39. The summed E-state index contributed by atoms with van der Waals surface area (Å²) in [5.41, 5.74) is 2.83. The molecule has 1 N–H and O–H groups in total. The number of nitrogens with zero attached hydrogens (tertiary/aromatic N) is 4. The Morgan fingerprint density at radius 1 is 0.973 bits per heavy atom. The van der Waals surface area contributed by atoms with Gasteiger partial charge in [-0.1, -0.05) is 17.3 Å². The van der Waals surface area contributed by atoms with E-state index in [0.717, 1.165) is 15.8 Å². The lowest BCUT2D eigenvalue weighted by atomic mass is 9.93. The van der Waals surface area contributed by atoms with Gasteiger partial charge in [0.15, 0.2) is 0 Å². The number of carbonyl (C=O) groups is 2. The summed E-state index contributed by atoms with van der Waals surface area (Å²) in [4.78, 5) is 38.6. The molecule has 0 fully saturated rings. The van der Waals surface area contributed by atoms with Crippen LogP contribution in [0.2, 0.25) is 0 Å². The molecule has 6 rings (SSSR count).